The quantitative estimate of drug-likeness (QED) is 0.494. The van der Waals surface area contributed by atoms with Crippen molar-refractivity contribution in [2.45, 2.75) is 31.7 Å². The van der Waals surface area contributed by atoms with Gasteiger partial charge < -0.3 is 9.80 Å². The molecule has 4 nitrogen and oxygen atoms in total. The first kappa shape index (κ1) is 11.0. The Labute approximate surface area is 95.6 Å². The highest BCUT2D eigenvalue weighted by Gasteiger charge is 2.36. The van der Waals surface area contributed by atoms with Crippen LogP contribution in [0.4, 0.5) is 0 Å². The number of carbonyl (C=O) groups excluding carboxylic acids is 2. The maximum Gasteiger partial charge on any atom is 0.312 e. The van der Waals surface area contributed by atoms with E-state index in [1.54, 1.807) is 4.90 Å². The SMILES string of the molecule is C#CCN1CCN(C2CCCC2)C(=O)C1=O. The fourth-order valence-electron chi connectivity index (χ4n) is 2.52. The zero-order valence-electron chi connectivity index (χ0n) is 9.32. The standard InChI is InChI=1S/C12H16N2O2/c1-2-7-13-8-9-14(12(16)11(13)15)10-5-3-4-6-10/h1,10H,3-9H2. The van der Waals surface area contributed by atoms with Gasteiger partial charge in [0.25, 0.3) is 0 Å². The minimum atomic E-state index is -0.434. The summed E-state index contributed by atoms with van der Waals surface area (Å²) in [6, 6.07) is 0.282. The summed E-state index contributed by atoms with van der Waals surface area (Å²) in [7, 11) is 0. The largest absolute Gasteiger partial charge is 0.330 e. The van der Waals surface area contributed by atoms with Crippen LogP contribution in [0.3, 0.4) is 0 Å². The number of amides is 2. The van der Waals surface area contributed by atoms with Gasteiger partial charge in [-0.1, -0.05) is 18.8 Å². The number of hydrogen-bond donors (Lipinski definition) is 0. The average Bonchev–Trinajstić information content (AvgIpc) is 2.79. The van der Waals surface area contributed by atoms with E-state index in [1.165, 1.54) is 4.90 Å². The lowest BCUT2D eigenvalue weighted by Gasteiger charge is -2.36. The van der Waals surface area contributed by atoms with Gasteiger partial charge in [0.05, 0.1) is 6.54 Å². The second-order valence-electron chi connectivity index (χ2n) is 4.37. The van der Waals surface area contributed by atoms with E-state index in [1.807, 2.05) is 0 Å². The van der Waals surface area contributed by atoms with Gasteiger partial charge in [-0.15, -0.1) is 6.42 Å². The molecule has 0 aromatic carbocycles. The summed E-state index contributed by atoms with van der Waals surface area (Å²) < 4.78 is 0. The molecule has 0 bridgehead atoms. The zero-order valence-corrected chi connectivity index (χ0v) is 9.32. The van der Waals surface area contributed by atoms with Gasteiger partial charge in [0, 0.05) is 19.1 Å². The summed E-state index contributed by atoms with van der Waals surface area (Å²) in [4.78, 5) is 26.8. The van der Waals surface area contributed by atoms with Gasteiger partial charge in [0.15, 0.2) is 0 Å². The number of carbonyl (C=O) groups is 2. The van der Waals surface area contributed by atoms with Crippen molar-refractivity contribution in [1.29, 1.82) is 0 Å². The number of hydrogen-bond acceptors (Lipinski definition) is 2. The first-order chi connectivity index (χ1) is 7.74. The van der Waals surface area contributed by atoms with Crippen LogP contribution < -0.4 is 0 Å². The molecule has 2 rings (SSSR count). The molecule has 2 fully saturated rings. The van der Waals surface area contributed by atoms with Crippen LogP contribution in [0.25, 0.3) is 0 Å². The molecule has 2 aliphatic rings. The van der Waals surface area contributed by atoms with Crippen molar-refractivity contribution in [1.82, 2.24) is 9.80 Å². The van der Waals surface area contributed by atoms with E-state index in [0.717, 1.165) is 25.7 Å². The smallest absolute Gasteiger partial charge is 0.312 e. The maximum atomic E-state index is 11.9. The fraction of sp³-hybridized carbons (Fsp3) is 0.667. The molecule has 0 spiro atoms. The Balaban J connectivity index is 2.02. The van der Waals surface area contributed by atoms with Gasteiger partial charge >= 0.3 is 11.8 Å². The topological polar surface area (TPSA) is 40.6 Å². The maximum absolute atomic E-state index is 11.9. The minimum Gasteiger partial charge on any atom is -0.330 e. The molecule has 0 unspecified atom stereocenters. The van der Waals surface area contributed by atoms with Crippen molar-refractivity contribution in [3.8, 4) is 12.3 Å². The highest BCUT2D eigenvalue weighted by Crippen LogP contribution is 2.24. The zero-order chi connectivity index (χ0) is 11.5. The van der Waals surface area contributed by atoms with Crippen molar-refractivity contribution in [2.24, 2.45) is 0 Å². The van der Waals surface area contributed by atoms with Crippen LogP contribution in [-0.4, -0.2) is 47.3 Å². The molecular formula is C12H16N2O2. The third-order valence-corrected chi connectivity index (χ3v) is 3.39. The molecule has 4 heteroatoms. The Morgan fingerprint density at radius 2 is 1.88 bits per heavy atom. The second kappa shape index (κ2) is 4.56. The Morgan fingerprint density at radius 1 is 1.19 bits per heavy atom. The molecule has 1 saturated carbocycles. The molecule has 2 amide bonds. The number of nitrogens with zero attached hydrogens (tertiary/aromatic N) is 2. The summed E-state index contributed by atoms with van der Waals surface area (Å²) >= 11 is 0. The lowest BCUT2D eigenvalue weighted by Crippen LogP contribution is -2.56. The number of piperazine rings is 1. The molecule has 0 atom stereocenters. The minimum absolute atomic E-state index is 0.239. The first-order valence-electron chi connectivity index (χ1n) is 5.77. The lowest BCUT2D eigenvalue weighted by atomic mass is 10.1. The fourth-order valence-corrected chi connectivity index (χ4v) is 2.52. The molecular weight excluding hydrogens is 204 g/mol. The van der Waals surface area contributed by atoms with Crippen LogP contribution >= 0.6 is 0 Å². The predicted octanol–water partition coefficient (Wildman–Crippen LogP) is 0.233. The van der Waals surface area contributed by atoms with Crippen molar-refractivity contribution < 1.29 is 9.59 Å². The summed E-state index contributed by atoms with van der Waals surface area (Å²) in [6.07, 6.45) is 9.55. The number of rotatable bonds is 2. The highest BCUT2D eigenvalue weighted by atomic mass is 16.2. The van der Waals surface area contributed by atoms with Gasteiger partial charge in [-0.3, -0.25) is 9.59 Å². The summed E-state index contributed by atoms with van der Waals surface area (Å²) in [6.45, 7) is 1.45. The third-order valence-electron chi connectivity index (χ3n) is 3.39. The molecule has 1 aliphatic heterocycles. The van der Waals surface area contributed by atoms with E-state index in [-0.39, 0.29) is 18.5 Å². The molecule has 0 radical (unpaired) electrons. The van der Waals surface area contributed by atoms with Gasteiger partial charge in [-0.25, -0.2) is 0 Å². The number of terminal acetylenes is 1. The van der Waals surface area contributed by atoms with Gasteiger partial charge in [-0.05, 0) is 12.8 Å². The second-order valence-corrected chi connectivity index (χ2v) is 4.37. The normalized spacial score (nSPS) is 22.7. The van der Waals surface area contributed by atoms with Crippen molar-refractivity contribution in [3.63, 3.8) is 0 Å². The molecule has 1 heterocycles. The van der Waals surface area contributed by atoms with E-state index >= 15 is 0 Å². The summed E-state index contributed by atoms with van der Waals surface area (Å²) in [5.74, 6) is 1.61. The molecule has 0 aromatic heterocycles. The van der Waals surface area contributed by atoms with E-state index < -0.39 is 5.91 Å². The Bertz CT molecular complexity index is 339. The lowest BCUT2D eigenvalue weighted by molar-refractivity contribution is -0.157. The average molecular weight is 220 g/mol. The molecule has 0 aromatic rings. The predicted molar refractivity (Wildman–Crippen MR) is 59.4 cm³/mol. The van der Waals surface area contributed by atoms with E-state index in [0.29, 0.717) is 13.1 Å². The van der Waals surface area contributed by atoms with Gasteiger partial charge in [0.1, 0.15) is 0 Å². The van der Waals surface area contributed by atoms with Crippen LogP contribution in [0.5, 0.6) is 0 Å². The van der Waals surface area contributed by atoms with Crippen LogP contribution in [0.2, 0.25) is 0 Å². The van der Waals surface area contributed by atoms with Crippen LogP contribution in [0, 0.1) is 12.3 Å². The van der Waals surface area contributed by atoms with Gasteiger partial charge in [0.2, 0.25) is 0 Å². The molecule has 1 saturated heterocycles. The van der Waals surface area contributed by atoms with E-state index in [4.69, 9.17) is 6.42 Å². The first-order valence-corrected chi connectivity index (χ1v) is 5.77. The molecule has 0 N–H and O–H groups in total. The molecule has 1 aliphatic carbocycles. The van der Waals surface area contributed by atoms with E-state index in [2.05, 4.69) is 5.92 Å². The third kappa shape index (κ3) is 1.90. The highest BCUT2D eigenvalue weighted by molar-refractivity contribution is 6.35. The van der Waals surface area contributed by atoms with Crippen LogP contribution in [0.15, 0.2) is 0 Å². The van der Waals surface area contributed by atoms with Gasteiger partial charge in [-0.2, -0.15) is 0 Å². The summed E-state index contributed by atoms with van der Waals surface area (Å²) in [5.41, 5.74) is 0. The van der Waals surface area contributed by atoms with Crippen LogP contribution in [0.1, 0.15) is 25.7 Å². The van der Waals surface area contributed by atoms with Crippen LogP contribution in [-0.2, 0) is 9.59 Å². The monoisotopic (exact) mass is 220 g/mol. The Kier molecular flexibility index (Phi) is 3.14. The Morgan fingerprint density at radius 3 is 2.50 bits per heavy atom. The molecule has 16 heavy (non-hydrogen) atoms. The summed E-state index contributed by atoms with van der Waals surface area (Å²) in [5, 5.41) is 0. The van der Waals surface area contributed by atoms with Crippen molar-refractivity contribution in [3.05, 3.63) is 0 Å². The van der Waals surface area contributed by atoms with Crippen molar-refractivity contribution in [2.75, 3.05) is 19.6 Å². The Hall–Kier alpha value is -1.50. The van der Waals surface area contributed by atoms with E-state index in [9.17, 15) is 9.59 Å². The molecule has 86 valence electrons. The van der Waals surface area contributed by atoms with Crippen molar-refractivity contribution >= 4 is 11.8 Å².